The summed E-state index contributed by atoms with van der Waals surface area (Å²) < 4.78 is 15.6. The third-order valence-corrected chi connectivity index (χ3v) is 3.90. The molecule has 144 valence electrons. The van der Waals surface area contributed by atoms with Gasteiger partial charge in [0.1, 0.15) is 17.2 Å². The Bertz CT molecular complexity index is 840. The molecule has 0 fully saturated rings. The number of amides is 2. The molecular formula is C18H21N3O6. The first-order valence-electron chi connectivity index (χ1n) is 8.01. The minimum Gasteiger partial charge on any atom is -0.497 e. The van der Waals surface area contributed by atoms with Crippen LogP contribution < -0.4 is 24.8 Å². The van der Waals surface area contributed by atoms with Crippen molar-refractivity contribution in [3.8, 4) is 17.2 Å². The van der Waals surface area contributed by atoms with E-state index in [-0.39, 0.29) is 17.5 Å². The van der Waals surface area contributed by atoms with Gasteiger partial charge in [0.25, 0.3) is 5.69 Å². The first-order chi connectivity index (χ1) is 12.9. The van der Waals surface area contributed by atoms with Crippen LogP contribution in [-0.2, 0) is 0 Å². The fraction of sp³-hybridized carbons (Fsp3) is 0.278. The quantitative estimate of drug-likeness (QED) is 0.566. The van der Waals surface area contributed by atoms with E-state index in [0.29, 0.717) is 17.2 Å². The van der Waals surface area contributed by atoms with Gasteiger partial charge >= 0.3 is 6.03 Å². The van der Waals surface area contributed by atoms with Crippen LogP contribution in [0.4, 0.5) is 16.2 Å². The largest absolute Gasteiger partial charge is 0.497 e. The van der Waals surface area contributed by atoms with Crippen molar-refractivity contribution in [3.05, 3.63) is 52.1 Å². The fourth-order valence-corrected chi connectivity index (χ4v) is 2.51. The number of nitro benzene ring substituents is 1. The number of rotatable bonds is 7. The highest BCUT2D eigenvalue weighted by Gasteiger charge is 2.17. The first-order valence-corrected chi connectivity index (χ1v) is 8.01. The van der Waals surface area contributed by atoms with Gasteiger partial charge in [-0.05, 0) is 31.2 Å². The van der Waals surface area contributed by atoms with Crippen molar-refractivity contribution >= 4 is 17.4 Å². The van der Waals surface area contributed by atoms with Gasteiger partial charge in [-0.1, -0.05) is 0 Å². The molecular weight excluding hydrogens is 354 g/mol. The molecule has 0 saturated carbocycles. The highest BCUT2D eigenvalue weighted by Crippen LogP contribution is 2.31. The van der Waals surface area contributed by atoms with Crippen LogP contribution in [0, 0.1) is 10.1 Å². The van der Waals surface area contributed by atoms with E-state index in [9.17, 15) is 14.9 Å². The van der Waals surface area contributed by atoms with E-state index < -0.39 is 11.0 Å². The summed E-state index contributed by atoms with van der Waals surface area (Å²) in [7, 11) is 4.46. The van der Waals surface area contributed by atoms with Gasteiger partial charge in [0, 0.05) is 11.6 Å². The number of methoxy groups -OCH3 is 3. The number of anilines is 1. The molecule has 0 bridgehead atoms. The summed E-state index contributed by atoms with van der Waals surface area (Å²) in [6.45, 7) is 1.80. The van der Waals surface area contributed by atoms with Gasteiger partial charge in [-0.15, -0.1) is 0 Å². The predicted molar refractivity (Wildman–Crippen MR) is 99.8 cm³/mol. The van der Waals surface area contributed by atoms with Gasteiger partial charge in [0.2, 0.25) is 0 Å². The van der Waals surface area contributed by atoms with Crippen molar-refractivity contribution < 1.29 is 23.9 Å². The van der Waals surface area contributed by atoms with Crippen molar-refractivity contribution in [2.45, 2.75) is 13.0 Å². The minimum absolute atomic E-state index is 0.132. The zero-order valence-electron chi connectivity index (χ0n) is 15.4. The molecule has 0 spiro atoms. The van der Waals surface area contributed by atoms with Crippen molar-refractivity contribution in [2.75, 3.05) is 26.6 Å². The molecule has 0 unspecified atom stereocenters. The predicted octanol–water partition coefficient (Wildman–Crippen LogP) is 3.50. The summed E-state index contributed by atoms with van der Waals surface area (Å²) in [5.74, 6) is 1.43. The third kappa shape index (κ3) is 4.78. The molecule has 0 heterocycles. The van der Waals surface area contributed by atoms with Gasteiger partial charge in [-0.3, -0.25) is 10.1 Å². The van der Waals surface area contributed by atoms with Crippen LogP contribution in [0.3, 0.4) is 0 Å². The van der Waals surface area contributed by atoms with Crippen molar-refractivity contribution in [2.24, 2.45) is 0 Å². The van der Waals surface area contributed by atoms with Crippen LogP contribution in [0.25, 0.3) is 0 Å². The molecule has 2 amide bonds. The van der Waals surface area contributed by atoms with Crippen LogP contribution in [0.5, 0.6) is 17.2 Å². The van der Waals surface area contributed by atoms with Gasteiger partial charge in [0.15, 0.2) is 0 Å². The van der Waals surface area contributed by atoms with E-state index in [1.54, 1.807) is 39.3 Å². The van der Waals surface area contributed by atoms with Crippen LogP contribution in [0.2, 0.25) is 0 Å². The Kier molecular flexibility index (Phi) is 6.42. The second-order valence-corrected chi connectivity index (χ2v) is 5.57. The third-order valence-electron chi connectivity index (χ3n) is 3.90. The zero-order valence-corrected chi connectivity index (χ0v) is 15.4. The molecule has 0 aliphatic carbocycles. The molecule has 0 radical (unpaired) electrons. The Labute approximate surface area is 156 Å². The van der Waals surface area contributed by atoms with Crippen LogP contribution in [-0.4, -0.2) is 32.3 Å². The minimum atomic E-state index is -0.538. The van der Waals surface area contributed by atoms with E-state index in [1.165, 1.54) is 25.3 Å². The molecule has 2 N–H and O–H groups in total. The smallest absolute Gasteiger partial charge is 0.319 e. The monoisotopic (exact) mass is 375 g/mol. The normalized spacial score (nSPS) is 11.3. The number of ether oxygens (including phenoxy) is 3. The molecule has 27 heavy (non-hydrogen) atoms. The van der Waals surface area contributed by atoms with E-state index in [4.69, 9.17) is 14.2 Å². The maximum atomic E-state index is 12.4. The fourth-order valence-electron chi connectivity index (χ4n) is 2.51. The number of benzene rings is 2. The Morgan fingerprint density at radius 1 is 1.04 bits per heavy atom. The Morgan fingerprint density at radius 2 is 1.74 bits per heavy atom. The van der Waals surface area contributed by atoms with Gasteiger partial charge in [-0.2, -0.15) is 0 Å². The Morgan fingerprint density at radius 3 is 2.33 bits per heavy atom. The molecule has 0 aromatic heterocycles. The van der Waals surface area contributed by atoms with E-state index in [1.807, 2.05) is 0 Å². The molecule has 0 aliphatic rings. The van der Waals surface area contributed by atoms with Crippen molar-refractivity contribution in [1.82, 2.24) is 5.32 Å². The lowest BCUT2D eigenvalue weighted by Gasteiger charge is -2.19. The number of carbonyl (C=O) groups excluding carboxylic acids is 1. The Hall–Kier alpha value is -3.49. The summed E-state index contributed by atoms with van der Waals surface area (Å²) in [6, 6.07) is 8.33. The number of nitro groups is 1. The molecule has 0 saturated heterocycles. The van der Waals surface area contributed by atoms with E-state index in [2.05, 4.69) is 10.6 Å². The van der Waals surface area contributed by atoms with Gasteiger partial charge < -0.3 is 24.8 Å². The summed E-state index contributed by atoms with van der Waals surface area (Å²) >= 11 is 0. The van der Waals surface area contributed by atoms with E-state index in [0.717, 1.165) is 5.56 Å². The standard InChI is InChI=1S/C18H21N3O6/c1-11(14-10-13(25-2)6-8-16(14)26-3)19-18(22)20-15-7-5-12(21(23)24)9-17(15)27-4/h5-11H,1-4H3,(H2,19,20,22)/t11-/m1/s1. The number of carbonyl (C=O) groups is 1. The summed E-state index contributed by atoms with van der Waals surface area (Å²) in [6.07, 6.45) is 0. The number of urea groups is 1. The molecule has 2 aromatic carbocycles. The lowest BCUT2D eigenvalue weighted by atomic mass is 10.1. The number of non-ortho nitro benzene ring substituents is 1. The highest BCUT2D eigenvalue weighted by molar-refractivity contribution is 5.91. The summed E-state index contributed by atoms with van der Waals surface area (Å²) in [4.78, 5) is 22.7. The van der Waals surface area contributed by atoms with Gasteiger partial charge in [0.05, 0.1) is 44.0 Å². The number of nitrogens with zero attached hydrogens (tertiary/aromatic N) is 1. The SMILES string of the molecule is COc1ccc(OC)c([C@@H](C)NC(=O)Nc2ccc([N+](=O)[O-])cc2OC)c1. The summed E-state index contributed by atoms with van der Waals surface area (Å²) in [5.41, 5.74) is 0.917. The van der Waals surface area contributed by atoms with Crippen LogP contribution >= 0.6 is 0 Å². The maximum absolute atomic E-state index is 12.4. The first kappa shape index (κ1) is 19.8. The maximum Gasteiger partial charge on any atom is 0.319 e. The molecule has 2 rings (SSSR count). The van der Waals surface area contributed by atoms with Gasteiger partial charge in [-0.25, -0.2) is 4.79 Å². The van der Waals surface area contributed by atoms with Crippen molar-refractivity contribution in [3.63, 3.8) is 0 Å². The molecule has 2 aromatic rings. The topological polar surface area (TPSA) is 112 Å². The van der Waals surface area contributed by atoms with E-state index >= 15 is 0 Å². The highest BCUT2D eigenvalue weighted by atomic mass is 16.6. The second kappa shape index (κ2) is 8.75. The van der Waals surface area contributed by atoms with Crippen LogP contribution in [0.15, 0.2) is 36.4 Å². The van der Waals surface area contributed by atoms with Crippen molar-refractivity contribution in [1.29, 1.82) is 0 Å². The molecule has 0 aliphatic heterocycles. The number of nitrogens with one attached hydrogen (secondary N) is 2. The second-order valence-electron chi connectivity index (χ2n) is 5.57. The lowest BCUT2D eigenvalue weighted by Crippen LogP contribution is -2.31. The molecule has 1 atom stereocenters. The number of hydrogen-bond acceptors (Lipinski definition) is 6. The van der Waals surface area contributed by atoms with Crippen LogP contribution in [0.1, 0.15) is 18.5 Å². The molecule has 9 nitrogen and oxygen atoms in total. The Balaban J connectivity index is 2.15. The molecule has 9 heteroatoms. The summed E-state index contributed by atoms with van der Waals surface area (Å²) in [5, 5.41) is 16.3. The lowest BCUT2D eigenvalue weighted by molar-refractivity contribution is -0.384. The zero-order chi connectivity index (χ0) is 20.0. The average Bonchev–Trinajstić information content (AvgIpc) is 2.67. The number of hydrogen-bond donors (Lipinski definition) is 2. The average molecular weight is 375 g/mol.